The molecular weight excluding hydrogens is 374 g/mol. The molecule has 0 aromatic heterocycles. The largest absolute Gasteiger partial charge is 0.378 e. The molecule has 3 heterocycles. The van der Waals surface area contributed by atoms with Gasteiger partial charge in [-0.25, -0.2) is 0 Å². The molecule has 4 heteroatoms. The van der Waals surface area contributed by atoms with Gasteiger partial charge in [-0.3, -0.25) is 0 Å². The van der Waals surface area contributed by atoms with Crippen LogP contribution in [-0.4, -0.2) is 21.7 Å². The quantitative estimate of drug-likeness (QED) is 0.721. The van der Waals surface area contributed by atoms with Crippen LogP contribution in [0.25, 0.3) is 16.5 Å². The lowest BCUT2D eigenvalue weighted by Gasteiger charge is -2.48. The number of hydrogen-bond donors (Lipinski definition) is 2. The highest BCUT2D eigenvalue weighted by atomic mass is 15.0. The van der Waals surface area contributed by atoms with E-state index < -0.39 is 0 Å². The maximum Gasteiger partial charge on any atom is 0.105 e. The second-order valence-corrected chi connectivity index (χ2v) is 10.9. The van der Waals surface area contributed by atoms with E-state index in [4.69, 9.17) is 0 Å². The average molecular weight is 404 g/mol. The molecule has 4 aliphatic rings. The summed E-state index contributed by atoms with van der Waals surface area (Å²) >= 11 is 0. The third-order valence-electron chi connectivity index (χ3n) is 8.81. The highest BCUT2D eigenvalue weighted by Crippen LogP contribution is 2.57. The van der Waals surface area contributed by atoms with Gasteiger partial charge in [-0.05, 0) is 35.6 Å². The summed E-state index contributed by atoms with van der Waals surface area (Å²) in [5.74, 6) is 0.964. The van der Waals surface area contributed by atoms with Crippen LogP contribution in [0.4, 0.5) is 5.69 Å². The monoisotopic (exact) mass is 404 g/mol. The third-order valence-corrected chi connectivity index (χ3v) is 8.81. The molecule has 0 spiro atoms. The topological polar surface area (TPSA) is 24.1 Å². The Kier molecular flexibility index (Phi) is 3.70. The fraction of sp³-hybridized carbons (Fsp3) is 0.333. The summed E-state index contributed by atoms with van der Waals surface area (Å²) in [6, 6.07) is 11.6. The fourth-order valence-electron chi connectivity index (χ4n) is 6.21. The third kappa shape index (κ3) is 2.31. The van der Waals surface area contributed by atoms with Crippen molar-refractivity contribution in [3.8, 4) is 0 Å². The number of benzene rings is 2. The van der Waals surface area contributed by atoms with E-state index in [0.717, 1.165) is 0 Å². The molecule has 3 unspecified atom stereocenters. The van der Waals surface area contributed by atoms with Crippen LogP contribution >= 0.6 is 0 Å². The van der Waals surface area contributed by atoms with Crippen LogP contribution in [0.1, 0.15) is 44.7 Å². The maximum atomic E-state index is 4.04. The van der Waals surface area contributed by atoms with Crippen LogP contribution < -0.4 is 10.6 Å². The summed E-state index contributed by atoms with van der Waals surface area (Å²) in [7, 11) is 4.80. The minimum Gasteiger partial charge on any atom is -0.378 e. The summed E-state index contributed by atoms with van der Waals surface area (Å²) in [5, 5.41) is 10.6. The lowest BCUT2D eigenvalue weighted by atomic mass is 9.42. The van der Waals surface area contributed by atoms with Gasteiger partial charge in [0, 0.05) is 34.0 Å². The summed E-state index contributed by atoms with van der Waals surface area (Å²) in [6.07, 6.45) is 9.55. The Morgan fingerprint density at radius 2 is 1.94 bits per heavy atom. The van der Waals surface area contributed by atoms with Crippen molar-refractivity contribution in [2.24, 2.45) is 11.3 Å². The van der Waals surface area contributed by atoms with Crippen molar-refractivity contribution in [2.75, 3.05) is 5.32 Å². The van der Waals surface area contributed by atoms with E-state index in [-0.39, 0.29) is 10.6 Å². The van der Waals surface area contributed by atoms with Gasteiger partial charge in [0.05, 0.1) is 11.4 Å². The predicted octanol–water partition coefficient (Wildman–Crippen LogP) is 4.49. The number of fused-ring (bicyclic) bond motifs is 3. The first kappa shape index (κ1) is 19.1. The molecule has 31 heavy (non-hydrogen) atoms. The van der Waals surface area contributed by atoms with E-state index in [2.05, 4.69) is 109 Å². The highest BCUT2D eigenvalue weighted by Gasteiger charge is 2.49. The normalized spacial score (nSPS) is 28.0. The number of anilines is 1. The van der Waals surface area contributed by atoms with Gasteiger partial charge in [0.15, 0.2) is 0 Å². The molecule has 0 amide bonds. The molecule has 2 nitrogen and oxygen atoms in total. The molecule has 2 aromatic carbocycles. The molecule has 6 rings (SSSR count). The van der Waals surface area contributed by atoms with Gasteiger partial charge < -0.3 is 10.6 Å². The Balaban J connectivity index is 1.67. The number of rotatable bonds is 2. The number of nitrogens with one attached hydrogen (secondary N) is 2. The molecule has 0 saturated carbocycles. The first-order valence-corrected chi connectivity index (χ1v) is 11.7. The van der Waals surface area contributed by atoms with Crippen LogP contribution in [0.2, 0.25) is 5.21 Å². The lowest BCUT2D eigenvalue weighted by molar-refractivity contribution is 0.316. The van der Waals surface area contributed by atoms with Crippen LogP contribution in [-0.2, 0) is 0 Å². The molecule has 154 valence electrons. The van der Waals surface area contributed by atoms with Gasteiger partial charge in [0.2, 0.25) is 0 Å². The van der Waals surface area contributed by atoms with Gasteiger partial charge in [0.25, 0.3) is 0 Å². The van der Waals surface area contributed by atoms with E-state index in [1.54, 1.807) is 0 Å². The van der Waals surface area contributed by atoms with Crippen LogP contribution in [0.5, 0.6) is 0 Å². The molecule has 2 bridgehead atoms. The standard InChI is InChI=1S/C27H30B2N2/c1-14(2)27(28,29)18-8-6-12-26(4)19(18)13-21-24-23-17(15(3)25(26)31-24)11-10-16-7-5-9-20(30-21)22(16)23/h5-15,25,30-31H,28-29H2,1-4H3. The molecular formula is C27H30B2N2. The molecule has 0 radical (unpaired) electrons. The Hall–Kier alpha value is -2.61. The van der Waals surface area contributed by atoms with Crippen molar-refractivity contribution in [1.82, 2.24) is 5.32 Å². The van der Waals surface area contributed by atoms with Crippen molar-refractivity contribution in [3.63, 3.8) is 0 Å². The molecule has 0 saturated heterocycles. The van der Waals surface area contributed by atoms with Crippen molar-refractivity contribution in [1.29, 1.82) is 0 Å². The van der Waals surface area contributed by atoms with Gasteiger partial charge in [0.1, 0.15) is 15.7 Å². The highest BCUT2D eigenvalue weighted by molar-refractivity contribution is 6.42. The number of allylic oxidation sites excluding steroid dienone is 4. The summed E-state index contributed by atoms with van der Waals surface area (Å²) in [4.78, 5) is 0. The molecule has 3 aliphatic heterocycles. The summed E-state index contributed by atoms with van der Waals surface area (Å²) in [6.45, 7) is 9.53. The predicted molar refractivity (Wildman–Crippen MR) is 138 cm³/mol. The Morgan fingerprint density at radius 3 is 2.71 bits per heavy atom. The van der Waals surface area contributed by atoms with Crippen molar-refractivity contribution in [3.05, 3.63) is 82.6 Å². The zero-order valence-corrected chi connectivity index (χ0v) is 19.4. The van der Waals surface area contributed by atoms with Crippen LogP contribution in [0, 0.1) is 11.3 Å². The molecule has 2 aromatic rings. The first-order valence-electron chi connectivity index (χ1n) is 11.7. The number of hydrogen-bond acceptors (Lipinski definition) is 2. The second kappa shape index (κ2) is 6.00. The van der Waals surface area contributed by atoms with E-state index in [1.165, 1.54) is 50.1 Å². The zero-order valence-electron chi connectivity index (χ0n) is 19.4. The Morgan fingerprint density at radius 1 is 1.13 bits per heavy atom. The average Bonchev–Trinajstić information content (AvgIpc) is 2.86. The fourth-order valence-corrected chi connectivity index (χ4v) is 6.21. The van der Waals surface area contributed by atoms with E-state index in [9.17, 15) is 0 Å². The SMILES string of the molecule is BC(B)(C1=CC=CC2(C)C1=CC1=C3NC2C(C)c2ccc4cccc(c4c23)N1)C(C)C. The summed E-state index contributed by atoms with van der Waals surface area (Å²) < 4.78 is 0. The minimum absolute atomic E-state index is 0.0759. The maximum absolute atomic E-state index is 4.04. The van der Waals surface area contributed by atoms with Crippen LogP contribution in [0.3, 0.4) is 0 Å². The van der Waals surface area contributed by atoms with E-state index >= 15 is 0 Å². The molecule has 2 N–H and O–H groups in total. The van der Waals surface area contributed by atoms with Crippen molar-refractivity contribution in [2.45, 2.75) is 44.9 Å². The zero-order chi connectivity index (χ0) is 21.7. The Bertz CT molecular complexity index is 1280. The molecule has 0 fully saturated rings. The van der Waals surface area contributed by atoms with E-state index in [1.807, 2.05) is 0 Å². The second-order valence-electron chi connectivity index (χ2n) is 10.9. The summed E-state index contributed by atoms with van der Waals surface area (Å²) in [5.41, 5.74) is 9.44. The van der Waals surface area contributed by atoms with Gasteiger partial charge in [-0.1, -0.05) is 80.0 Å². The van der Waals surface area contributed by atoms with E-state index in [0.29, 0.717) is 17.9 Å². The smallest absolute Gasteiger partial charge is 0.105 e. The van der Waals surface area contributed by atoms with Crippen molar-refractivity contribution < 1.29 is 0 Å². The van der Waals surface area contributed by atoms with Gasteiger partial charge >= 0.3 is 0 Å². The molecule has 1 aliphatic carbocycles. The van der Waals surface area contributed by atoms with Crippen LogP contribution in [0.15, 0.2) is 71.5 Å². The first-order chi connectivity index (χ1) is 14.7. The Labute approximate surface area is 187 Å². The van der Waals surface area contributed by atoms with Crippen molar-refractivity contribution >= 4 is 37.8 Å². The molecule has 3 atom stereocenters. The van der Waals surface area contributed by atoms with Gasteiger partial charge in [-0.15, -0.1) is 0 Å². The van der Waals surface area contributed by atoms with Gasteiger partial charge in [-0.2, -0.15) is 0 Å². The minimum atomic E-state index is -0.0759. The lowest BCUT2D eigenvalue weighted by Crippen LogP contribution is -2.49.